The molecular formula is C66H109NO8. The van der Waals surface area contributed by atoms with E-state index in [0.29, 0.717) is 17.4 Å². The first kappa shape index (κ1) is 70.7. The SMILES string of the molecule is CC/C=C\C/C=C\C/C=C\C/C=C\C/C=C\C/C=C\C/C=C\C/C=C\CCCCCCCCCCCCCCC(=O)OC(COC(=O)CCCCCCC/C=C\C/C=C\CCC)COC(OCC[N+](C)(C)C)C(=O)[O-]. The number of likely N-dealkylation sites (N-methyl/N-ethyl adjacent to an activating group) is 1. The molecule has 426 valence electrons. The second-order valence-corrected chi connectivity index (χ2v) is 20.5. The van der Waals surface area contributed by atoms with Crippen LogP contribution in [0.15, 0.2) is 122 Å². The lowest BCUT2D eigenvalue weighted by Gasteiger charge is -2.26. The third-order valence-electron chi connectivity index (χ3n) is 12.2. The zero-order valence-electron chi connectivity index (χ0n) is 48.4. The fourth-order valence-electron chi connectivity index (χ4n) is 7.65. The van der Waals surface area contributed by atoms with Crippen LogP contribution in [0.2, 0.25) is 0 Å². The molecule has 0 rings (SSSR count). The predicted molar refractivity (Wildman–Crippen MR) is 315 cm³/mol. The number of quaternary nitrogens is 1. The Bertz CT molecular complexity index is 1640. The zero-order valence-corrected chi connectivity index (χ0v) is 48.4. The van der Waals surface area contributed by atoms with Crippen LogP contribution < -0.4 is 5.11 Å². The fraction of sp³-hybridized carbons (Fsp3) is 0.652. The van der Waals surface area contributed by atoms with Gasteiger partial charge >= 0.3 is 11.9 Å². The molecule has 0 fully saturated rings. The van der Waals surface area contributed by atoms with Crippen molar-refractivity contribution in [3.8, 4) is 0 Å². The van der Waals surface area contributed by atoms with Crippen LogP contribution in [0.5, 0.6) is 0 Å². The van der Waals surface area contributed by atoms with Gasteiger partial charge in [-0.05, 0) is 103 Å². The maximum atomic E-state index is 12.9. The normalized spacial score (nSPS) is 13.7. The molecular weight excluding hydrogens is 935 g/mol. The molecule has 0 aliphatic carbocycles. The summed E-state index contributed by atoms with van der Waals surface area (Å²) >= 11 is 0. The van der Waals surface area contributed by atoms with Crippen molar-refractivity contribution in [1.29, 1.82) is 0 Å². The number of ether oxygens (including phenoxy) is 4. The third kappa shape index (κ3) is 57.2. The van der Waals surface area contributed by atoms with Gasteiger partial charge in [-0.2, -0.15) is 0 Å². The number of hydrogen-bond acceptors (Lipinski definition) is 8. The first-order valence-corrected chi connectivity index (χ1v) is 29.7. The van der Waals surface area contributed by atoms with Gasteiger partial charge in [-0.3, -0.25) is 9.59 Å². The Labute approximate surface area is 459 Å². The predicted octanol–water partition coefficient (Wildman–Crippen LogP) is 16.3. The molecule has 0 aromatic carbocycles. The van der Waals surface area contributed by atoms with Crippen LogP contribution in [-0.2, 0) is 33.3 Å². The summed E-state index contributed by atoms with van der Waals surface area (Å²) in [5.41, 5.74) is 0. The van der Waals surface area contributed by atoms with E-state index in [2.05, 4.69) is 135 Å². The molecule has 0 aromatic rings. The molecule has 75 heavy (non-hydrogen) atoms. The number of carboxylic acid groups (broad SMARTS) is 1. The van der Waals surface area contributed by atoms with Crippen LogP contribution in [0.4, 0.5) is 0 Å². The van der Waals surface area contributed by atoms with E-state index in [9.17, 15) is 19.5 Å². The number of rotatable bonds is 53. The highest BCUT2D eigenvalue weighted by atomic mass is 16.7. The molecule has 0 aliphatic heterocycles. The van der Waals surface area contributed by atoms with Crippen LogP contribution >= 0.6 is 0 Å². The Morgan fingerprint density at radius 3 is 1.13 bits per heavy atom. The highest BCUT2D eigenvalue weighted by molar-refractivity contribution is 5.70. The number of allylic oxidation sites excluding steroid dienone is 20. The second kappa shape index (κ2) is 55.9. The third-order valence-corrected chi connectivity index (χ3v) is 12.2. The standard InChI is InChI=1S/C66H109NO8/c1-6-8-10-12-14-16-18-20-21-22-23-24-25-26-27-28-29-30-31-32-33-34-35-36-37-38-39-40-41-42-43-45-47-49-51-53-55-57-64(69)75-62(61-74-66(65(70)71)72-59-58-67(3,4)5)60-73-63(68)56-54-52-50-48-46-44-19-17-15-13-11-9-7-2/h8,10-11,13-14,16-17,19-21,23-24,26-27,29-30,32-33,35-36,62,66H,6-7,9,12,15,18,22,25,28,31,34,37-61H2,1-5H3/b10-8-,13-11-,16-14-,19-17-,21-20-,24-23-,27-26-,30-29-,33-32-,36-35-. The lowest BCUT2D eigenvalue weighted by Crippen LogP contribution is -2.44. The highest BCUT2D eigenvalue weighted by Gasteiger charge is 2.22. The highest BCUT2D eigenvalue weighted by Crippen LogP contribution is 2.15. The molecule has 0 saturated carbocycles. The minimum atomic E-state index is -1.63. The largest absolute Gasteiger partial charge is 0.545 e. The second-order valence-electron chi connectivity index (χ2n) is 20.5. The average Bonchev–Trinajstić information content (AvgIpc) is 3.38. The maximum absolute atomic E-state index is 12.9. The smallest absolute Gasteiger partial charge is 0.306 e. The van der Waals surface area contributed by atoms with Gasteiger partial charge in [0, 0.05) is 12.8 Å². The van der Waals surface area contributed by atoms with Crippen LogP contribution in [0.3, 0.4) is 0 Å². The summed E-state index contributed by atoms with van der Waals surface area (Å²) in [4.78, 5) is 37.2. The number of carbonyl (C=O) groups is 3. The van der Waals surface area contributed by atoms with Gasteiger partial charge in [-0.15, -0.1) is 0 Å². The van der Waals surface area contributed by atoms with Crippen LogP contribution in [0, 0.1) is 0 Å². The fourth-order valence-corrected chi connectivity index (χ4v) is 7.65. The molecule has 0 saturated heterocycles. The maximum Gasteiger partial charge on any atom is 0.306 e. The van der Waals surface area contributed by atoms with E-state index in [1.807, 2.05) is 21.1 Å². The van der Waals surface area contributed by atoms with Crippen molar-refractivity contribution in [2.24, 2.45) is 0 Å². The van der Waals surface area contributed by atoms with Crippen LogP contribution in [-0.4, -0.2) is 82.3 Å². The Morgan fingerprint density at radius 1 is 0.413 bits per heavy atom. The van der Waals surface area contributed by atoms with Crippen LogP contribution in [0.1, 0.15) is 219 Å². The summed E-state index contributed by atoms with van der Waals surface area (Å²) in [5, 5.41) is 11.8. The zero-order chi connectivity index (χ0) is 54.8. The van der Waals surface area contributed by atoms with Crippen molar-refractivity contribution >= 4 is 17.9 Å². The Morgan fingerprint density at radius 2 is 0.760 bits per heavy atom. The van der Waals surface area contributed by atoms with Gasteiger partial charge in [0.1, 0.15) is 13.2 Å². The molecule has 0 heterocycles. The Kier molecular flexibility index (Phi) is 52.7. The van der Waals surface area contributed by atoms with Gasteiger partial charge in [-0.25, -0.2) is 0 Å². The Balaban J connectivity index is 4.14. The quantitative estimate of drug-likeness (QED) is 0.0195. The first-order valence-electron chi connectivity index (χ1n) is 29.7. The van der Waals surface area contributed by atoms with E-state index >= 15 is 0 Å². The molecule has 0 bridgehead atoms. The summed E-state index contributed by atoms with van der Waals surface area (Å²) < 4.78 is 22.6. The summed E-state index contributed by atoms with van der Waals surface area (Å²) in [5.74, 6) is -2.32. The summed E-state index contributed by atoms with van der Waals surface area (Å²) in [6, 6.07) is 0. The van der Waals surface area contributed by atoms with E-state index in [-0.39, 0.29) is 38.6 Å². The molecule has 0 aromatic heterocycles. The molecule has 0 N–H and O–H groups in total. The van der Waals surface area contributed by atoms with E-state index in [4.69, 9.17) is 18.9 Å². The number of aliphatic carboxylic acids is 1. The van der Waals surface area contributed by atoms with E-state index in [1.54, 1.807) is 0 Å². The van der Waals surface area contributed by atoms with E-state index in [1.165, 1.54) is 64.2 Å². The molecule has 9 heteroatoms. The van der Waals surface area contributed by atoms with Gasteiger partial charge < -0.3 is 33.3 Å². The van der Waals surface area contributed by atoms with E-state index in [0.717, 1.165) is 122 Å². The van der Waals surface area contributed by atoms with Gasteiger partial charge in [0.15, 0.2) is 12.4 Å². The van der Waals surface area contributed by atoms with Gasteiger partial charge in [0.05, 0.1) is 40.3 Å². The van der Waals surface area contributed by atoms with E-state index < -0.39 is 24.3 Å². The number of hydrogen-bond donors (Lipinski definition) is 0. The Hall–Kier alpha value is -4.31. The van der Waals surface area contributed by atoms with Crippen molar-refractivity contribution < 1.29 is 42.9 Å². The number of carbonyl (C=O) groups excluding carboxylic acids is 3. The molecule has 0 spiro atoms. The topological polar surface area (TPSA) is 111 Å². The molecule has 0 radical (unpaired) electrons. The van der Waals surface area contributed by atoms with Crippen molar-refractivity contribution in [2.75, 3.05) is 47.5 Å². The van der Waals surface area contributed by atoms with Gasteiger partial charge in [0.2, 0.25) is 0 Å². The average molecular weight is 1040 g/mol. The van der Waals surface area contributed by atoms with Crippen molar-refractivity contribution in [3.63, 3.8) is 0 Å². The molecule has 2 atom stereocenters. The number of esters is 2. The monoisotopic (exact) mass is 1040 g/mol. The van der Waals surface area contributed by atoms with Crippen molar-refractivity contribution in [3.05, 3.63) is 122 Å². The molecule has 9 nitrogen and oxygen atoms in total. The minimum Gasteiger partial charge on any atom is -0.545 e. The number of unbranched alkanes of at least 4 members (excludes halogenated alkanes) is 18. The number of carboxylic acids is 1. The number of nitrogens with zero attached hydrogens (tertiary/aromatic N) is 1. The first-order chi connectivity index (χ1) is 36.6. The molecule has 0 aliphatic rings. The van der Waals surface area contributed by atoms with Crippen molar-refractivity contribution in [1.82, 2.24) is 0 Å². The van der Waals surface area contributed by atoms with Crippen molar-refractivity contribution in [2.45, 2.75) is 232 Å². The summed E-state index contributed by atoms with van der Waals surface area (Å²) in [6.07, 6.45) is 75.5. The summed E-state index contributed by atoms with van der Waals surface area (Å²) in [7, 11) is 5.91. The lowest BCUT2D eigenvalue weighted by molar-refractivity contribution is -0.870. The molecule has 2 unspecified atom stereocenters. The minimum absolute atomic E-state index is 0.140. The van der Waals surface area contributed by atoms with Gasteiger partial charge in [-0.1, -0.05) is 225 Å². The molecule has 0 amide bonds. The lowest BCUT2D eigenvalue weighted by atomic mass is 10.0. The summed E-state index contributed by atoms with van der Waals surface area (Å²) in [6.45, 7) is 4.53. The van der Waals surface area contributed by atoms with Crippen LogP contribution in [0.25, 0.3) is 0 Å². The van der Waals surface area contributed by atoms with Gasteiger partial charge in [0.25, 0.3) is 0 Å².